The summed E-state index contributed by atoms with van der Waals surface area (Å²) in [5.41, 5.74) is 2.11. The first-order valence-corrected chi connectivity index (χ1v) is 9.20. The maximum absolute atomic E-state index is 12.5. The molecular formula is C17H16Cl2N2O2S. The van der Waals surface area contributed by atoms with Crippen LogP contribution in [0.15, 0.2) is 40.1 Å². The van der Waals surface area contributed by atoms with Crippen LogP contribution in [-0.2, 0) is 9.53 Å². The first-order valence-electron chi connectivity index (χ1n) is 7.22. The molecule has 0 amide bonds. The maximum atomic E-state index is 12.5. The van der Waals surface area contributed by atoms with Gasteiger partial charge in [0.2, 0.25) is 0 Å². The van der Waals surface area contributed by atoms with Crippen molar-refractivity contribution < 1.29 is 9.53 Å². The number of nitrogens with zero attached hydrogens (tertiary/aromatic N) is 1. The van der Waals surface area contributed by atoms with Crippen LogP contribution in [0, 0.1) is 11.3 Å². The lowest BCUT2D eigenvalue weighted by molar-refractivity contribution is -0.138. The van der Waals surface area contributed by atoms with Crippen LogP contribution in [-0.4, -0.2) is 18.8 Å². The summed E-state index contributed by atoms with van der Waals surface area (Å²) in [7, 11) is 0. The number of thioether (sulfide) groups is 1. The third kappa shape index (κ3) is 3.56. The van der Waals surface area contributed by atoms with Gasteiger partial charge < -0.3 is 10.1 Å². The number of benzene rings is 1. The lowest BCUT2D eigenvalue weighted by Gasteiger charge is -2.29. The monoisotopic (exact) mass is 382 g/mol. The van der Waals surface area contributed by atoms with Crippen molar-refractivity contribution in [2.75, 3.05) is 12.9 Å². The Bertz CT molecular complexity index is 781. The molecule has 1 unspecified atom stereocenters. The molecule has 2 rings (SSSR count). The van der Waals surface area contributed by atoms with Gasteiger partial charge in [0.1, 0.15) is 0 Å². The Morgan fingerprint density at radius 3 is 2.71 bits per heavy atom. The minimum absolute atomic E-state index is 0.248. The van der Waals surface area contributed by atoms with E-state index in [1.54, 1.807) is 32.0 Å². The van der Waals surface area contributed by atoms with Crippen LogP contribution in [0.1, 0.15) is 25.3 Å². The van der Waals surface area contributed by atoms with Crippen LogP contribution in [0.4, 0.5) is 0 Å². The van der Waals surface area contributed by atoms with E-state index < -0.39 is 11.9 Å². The fraction of sp³-hybridized carbons (Fsp3) is 0.294. The van der Waals surface area contributed by atoms with Gasteiger partial charge in [0.25, 0.3) is 0 Å². The van der Waals surface area contributed by atoms with Crippen LogP contribution >= 0.6 is 35.0 Å². The molecule has 0 spiro atoms. The van der Waals surface area contributed by atoms with Gasteiger partial charge in [-0.1, -0.05) is 29.3 Å². The zero-order valence-corrected chi connectivity index (χ0v) is 15.8. The van der Waals surface area contributed by atoms with Gasteiger partial charge in [0.05, 0.1) is 34.8 Å². The number of nitrogens with one attached hydrogen (secondary N) is 1. The molecule has 126 valence electrons. The predicted molar refractivity (Wildman–Crippen MR) is 97.8 cm³/mol. The van der Waals surface area contributed by atoms with Gasteiger partial charge in [-0.25, -0.2) is 4.79 Å². The van der Waals surface area contributed by atoms with E-state index in [2.05, 4.69) is 11.4 Å². The van der Waals surface area contributed by atoms with Gasteiger partial charge in [-0.2, -0.15) is 5.26 Å². The number of hydrogen-bond donors (Lipinski definition) is 1. The molecule has 1 aliphatic rings. The van der Waals surface area contributed by atoms with Crippen molar-refractivity contribution in [3.63, 3.8) is 0 Å². The Kier molecular flexibility index (Phi) is 6.22. The summed E-state index contributed by atoms with van der Waals surface area (Å²) in [4.78, 5) is 12.5. The molecule has 1 aliphatic heterocycles. The second-order valence-corrected chi connectivity index (χ2v) is 6.70. The average Bonchev–Trinajstić information content (AvgIpc) is 2.54. The van der Waals surface area contributed by atoms with E-state index in [0.29, 0.717) is 37.5 Å². The second kappa shape index (κ2) is 7.98. The summed E-state index contributed by atoms with van der Waals surface area (Å²) in [5.74, 6) is -1.06. The molecule has 0 bridgehead atoms. The normalized spacial score (nSPS) is 17.4. The number of nitriles is 1. The van der Waals surface area contributed by atoms with Crippen LogP contribution in [0.3, 0.4) is 0 Å². The smallest absolute Gasteiger partial charge is 0.336 e. The minimum atomic E-state index is -0.595. The quantitative estimate of drug-likeness (QED) is 0.769. The molecule has 24 heavy (non-hydrogen) atoms. The van der Waals surface area contributed by atoms with Crippen LogP contribution in [0.2, 0.25) is 10.0 Å². The summed E-state index contributed by atoms with van der Waals surface area (Å²) < 4.78 is 5.18. The molecule has 1 aromatic rings. The van der Waals surface area contributed by atoms with E-state index in [0.717, 1.165) is 0 Å². The molecule has 7 heteroatoms. The number of carbonyl (C=O) groups is 1. The summed E-state index contributed by atoms with van der Waals surface area (Å²) in [6, 6.07) is 7.24. The molecule has 0 fully saturated rings. The Labute approximate surface area is 155 Å². The van der Waals surface area contributed by atoms with Crippen molar-refractivity contribution in [1.29, 1.82) is 5.26 Å². The molecule has 1 atom stereocenters. The van der Waals surface area contributed by atoms with Gasteiger partial charge in [-0.15, -0.1) is 11.8 Å². The highest BCUT2D eigenvalue weighted by atomic mass is 35.5. The lowest BCUT2D eigenvalue weighted by atomic mass is 9.82. The van der Waals surface area contributed by atoms with Gasteiger partial charge in [0.15, 0.2) is 0 Å². The number of halogens is 2. The molecule has 1 aromatic carbocycles. The van der Waals surface area contributed by atoms with Crippen molar-refractivity contribution in [1.82, 2.24) is 5.32 Å². The average molecular weight is 383 g/mol. The van der Waals surface area contributed by atoms with Crippen molar-refractivity contribution in [2.24, 2.45) is 0 Å². The highest BCUT2D eigenvalue weighted by molar-refractivity contribution is 8.02. The van der Waals surface area contributed by atoms with Gasteiger partial charge in [-0.05, 0) is 37.8 Å². The van der Waals surface area contributed by atoms with E-state index in [-0.39, 0.29) is 6.61 Å². The van der Waals surface area contributed by atoms with Crippen molar-refractivity contribution in [3.8, 4) is 6.07 Å². The maximum Gasteiger partial charge on any atom is 0.336 e. The fourth-order valence-electron chi connectivity index (χ4n) is 2.60. The van der Waals surface area contributed by atoms with Crippen molar-refractivity contribution in [2.45, 2.75) is 19.8 Å². The van der Waals surface area contributed by atoms with E-state index >= 15 is 0 Å². The number of dihydropyridines is 1. The van der Waals surface area contributed by atoms with Gasteiger partial charge in [0, 0.05) is 15.7 Å². The molecule has 0 aromatic heterocycles. The summed E-state index contributed by atoms with van der Waals surface area (Å²) >= 11 is 13.7. The number of allylic oxidation sites excluding steroid dienone is 2. The summed E-state index contributed by atoms with van der Waals surface area (Å²) in [6.45, 7) is 3.77. The largest absolute Gasteiger partial charge is 0.463 e. The molecule has 0 saturated carbocycles. The minimum Gasteiger partial charge on any atom is -0.463 e. The fourth-order valence-corrected chi connectivity index (χ4v) is 3.76. The predicted octanol–water partition coefficient (Wildman–Crippen LogP) is 4.62. The molecule has 0 saturated heterocycles. The van der Waals surface area contributed by atoms with Crippen LogP contribution in [0.25, 0.3) is 0 Å². The zero-order valence-electron chi connectivity index (χ0n) is 13.4. The first-order chi connectivity index (χ1) is 11.4. The van der Waals surface area contributed by atoms with Crippen molar-refractivity contribution in [3.05, 3.63) is 55.7 Å². The molecule has 1 N–H and O–H groups in total. The van der Waals surface area contributed by atoms with Crippen LogP contribution < -0.4 is 5.32 Å². The third-order valence-electron chi connectivity index (χ3n) is 3.62. The highest BCUT2D eigenvalue weighted by Gasteiger charge is 2.36. The Morgan fingerprint density at radius 1 is 1.46 bits per heavy atom. The number of ether oxygens (including phenoxy) is 1. The third-order valence-corrected chi connectivity index (χ3v) is 4.91. The summed E-state index contributed by atoms with van der Waals surface area (Å²) in [6.07, 6.45) is 1.86. The molecular weight excluding hydrogens is 367 g/mol. The number of carbonyl (C=O) groups excluding carboxylic acids is 1. The SMILES string of the molecule is CCOC(=O)C1=C(C)NC(SC)=C(C#N)C1c1ccc(Cl)cc1Cl. The number of rotatable bonds is 4. The van der Waals surface area contributed by atoms with E-state index in [9.17, 15) is 10.1 Å². The Morgan fingerprint density at radius 2 is 2.17 bits per heavy atom. The molecule has 4 nitrogen and oxygen atoms in total. The van der Waals surface area contributed by atoms with Crippen LogP contribution in [0.5, 0.6) is 0 Å². The van der Waals surface area contributed by atoms with E-state index in [1.807, 2.05) is 6.26 Å². The Hall–Kier alpha value is -1.61. The number of esters is 1. The number of hydrogen-bond acceptors (Lipinski definition) is 5. The molecule has 1 heterocycles. The van der Waals surface area contributed by atoms with Crippen molar-refractivity contribution >= 4 is 40.9 Å². The first kappa shape index (κ1) is 18.7. The molecule has 0 aliphatic carbocycles. The molecule has 0 radical (unpaired) electrons. The standard InChI is InChI=1S/C17H16Cl2N2O2S/c1-4-23-17(22)14-9(2)21-16(24-3)12(8-20)15(14)11-6-5-10(18)7-13(11)19/h5-7,15,21H,4H2,1-3H3. The lowest BCUT2D eigenvalue weighted by Crippen LogP contribution is -2.28. The topological polar surface area (TPSA) is 62.1 Å². The van der Waals surface area contributed by atoms with Gasteiger partial charge >= 0.3 is 5.97 Å². The highest BCUT2D eigenvalue weighted by Crippen LogP contribution is 2.43. The van der Waals surface area contributed by atoms with Gasteiger partial charge in [-0.3, -0.25) is 0 Å². The second-order valence-electron chi connectivity index (χ2n) is 5.04. The Balaban J connectivity index is 2.69. The summed E-state index contributed by atoms with van der Waals surface area (Å²) in [5, 5.41) is 14.4. The zero-order chi connectivity index (χ0) is 17.9. The van der Waals surface area contributed by atoms with E-state index in [4.69, 9.17) is 27.9 Å². The van der Waals surface area contributed by atoms with E-state index in [1.165, 1.54) is 11.8 Å².